The van der Waals surface area contributed by atoms with Gasteiger partial charge in [0.2, 0.25) is 5.91 Å². The van der Waals surface area contributed by atoms with Crippen LogP contribution in [-0.4, -0.2) is 37.3 Å². The van der Waals surface area contributed by atoms with Gasteiger partial charge in [0, 0.05) is 6.61 Å². The van der Waals surface area contributed by atoms with Crippen molar-refractivity contribution in [1.82, 2.24) is 0 Å². The number of anilines is 1. The first-order chi connectivity index (χ1) is 12.1. The minimum atomic E-state index is -0.408. The van der Waals surface area contributed by atoms with Gasteiger partial charge in [0.15, 0.2) is 6.29 Å². The predicted molar refractivity (Wildman–Crippen MR) is 102 cm³/mol. The van der Waals surface area contributed by atoms with Crippen LogP contribution in [0.3, 0.4) is 0 Å². The topological polar surface area (TPSA) is 38.8 Å². The maximum atomic E-state index is 12.6. The Kier molecular flexibility index (Phi) is 8.20. The van der Waals surface area contributed by atoms with Gasteiger partial charge < -0.3 is 14.4 Å². The molecule has 4 nitrogen and oxygen atoms in total. The molecule has 0 saturated carbocycles. The zero-order valence-electron chi connectivity index (χ0n) is 15.6. The Morgan fingerprint density at radius 1 is 1.24 bits per heavy atom. The number of benzene rings is 1. The standard InChI is InChI=1S/C20H30ClNO3/c1-4-15-9-7-10-16(5-2)20(15)22(18(23)13-21)14-19-24-12-8-11-17(6-3)25-19/h7,9-10,17,19H,4-6,8,11-14H2,1-3H3. The second-order valence-corrected chi connectivity index (χ2v) is 6.65. The van der Waals surface area contributed by atoms with E-state index in [0.717, 1.165) is 48.9 Å². The SMILES string of the molecule is CCc1cccc(CC)c1N(CC1OCCCC(CC)O1)C(=O)CCl. The minimum absolute atomic E-state index is 0.0505. The normalized spacial score (nSPS) is 21.0. The van der Waals surface area contributed by atoms with Crippen molar-refractivity contribution in [2.24, 2.45) is 0 Å². The Bertz CT molecular complexity index is 542. The number of carbonyl (C=O) groups excluding carboxylic acids is 1. The maximum Gasteiger partial charge on any atom is 0.242 e. The van der Waals surface area contributed by atoms with Crippen LogP contribution in [0.25, 0.3) is 0 Å². The maximum absolute atomic E-state index is 12.6. The Morgan fingerprint density at radius 3 is 2.48 bits per heavy atom. The van der Waals surface area contributed by atoms with Gasteiger partial charge in [-0.1, -0.05) is 39.0 Å². The van der Waals surface area contributed by atoms with E-state index in [2.05, 4.69) is 39.0 Å². The third kappa shape index (κ3) is 5.19. The van der Waals surface area contributed by atoms with Gasteiger partial charge in [0.05, 0.1) is 18.3 Å². The molecule has 1 saturated heterocycles. The van der Waals surface area contributed by atoms with E-state index in [0.29, 0.717) is 13.2 Å². The summed E-state index contributed by atoms with van der Waals surface area (Å²) in [6, 6.07) is 6.20. The quantitative estimate of drug-likeness (QED) is 0.674. The lowest BCUT2D eigenvalue weighted by atomic mass is 10.0. The average Bonchev–Trinajstić information content (AvgIpc) is 2.89. The van der Waals surface area contributed by atoms with Crippen LogP contribution in [0.5, 0.6) is 0 Å². The van der Waals surface area contributed by atoms with Crippen molar-refractivity contribution in [1.29, 1.82) is 0 Å². The molecule has 2 rings (SSSR count). The van der Waals surface area contributed by atoms with Gasteiger partial charge in [-0.15, -0.1) is 11.6 Å². The summed E-state index contributed by atoms with van der Waals surface area (Å²) in [6.07, 6.45) is 4.45. The van der Waals surface area contributed by atoms with Crippen molar-refractivity contribution >= 4 is 23.2 Å². The number of ether oxygens (including phenoxy) is 2. The highest BCUT2D eigenvalue weighted by atomic mass is 35.5. The van der Waals surface area contributed by atoms with Gasteiger partial charge >= 0.3 is 0 Å². The number of aryl methyl sites for hydroxylation is 2. The second kappa shape index (κ2) is 10.1. The van der Waals surface area contributed by atoms with Crippen molar-refractivity contribution in [3.63, 3.8) is 0 Å². The van der Waals surface area contributed by atoms with Crippen LogP contribution in [-0.2, 0) is 27.1 Å². The van der Waals surface area contributed by atoms with Gasteiger partial charge in [-0.3, -0.25) is 4.79 Å². The average molecular weight is 368 g/mol. The first-order valence-electron chi connectivity index (χ1n) is 9.38. The molecule has 0 aromatic heterocycles. The van der Waals surface area contributed by atoms with E-state index in [1.165, 1.54) is 0 Å². The highest BCUT2D eigenvalue weighted by molar-refractivity contribution is 6.29. The predicted octanol–water partition coefficient (Wildman–Crippen LogP) is 4.31. The van der Waals surface area contributed by atoms with E-state index in [9.17, 15) is 4.79 Å². The molecule has 0 bridgehead atoms. The summed E-state index contributed by atoms with van der Waals surface area (Å²) in [4.78, 5) is 14.4. The van der Waals surface area contributed by atoms with E-state index >= 15 is 0 Å². The summed E-state index contributed by atoms with van der Waals surface area (Å²) in [5.74, 6) is -0.160. The minimum Gasteiger partial charge on any atom is -0.351 e. The molecule has 0 radical (unpaired) electrons. The second-order valence-electron chi connectivity index (χ2n) is 6.38. The Balaban J connectivity index is 2.32. The summed E-state index contributed by atoms with van der Waals surface area (Å²) in [6.45, 7) is 7.38. The third-order valence-corrected chi connectivity index (χ3v) is 4.98. The number of nitrogens with zero attached hydrogens (tertiary/aromatic N) is 1. The van der Waals surface area contributed by atoms with Gasteiger partial charge in [-0.2, -0.15) is 0 Å². The summed E-state index contributed by atoms with van der Waals surface area (Å²) in [5, 5.41) is 0. The van der Waals surface area contributed by atoms with Crippen LogP contribution in [0.2, 0.25) is 0 Å². The fourth-order valence-electron chi connectivity index (χ4n) is 3.34. The molecule has 1 aromatic carbocycles. The Morgan fingerprint density at radius 2 is 1.92 bits per heavy atom. The summed E-state index contributed by atoms with van der Waals surface area (Å²) < 4.78 is 12.0. The number of hydrogen-bond donors (Lipinski definition) is 0. The zero-order valence-corrected chi connectivity index (χ0v) is 16.3. The fraction of sp³-hybridized carbons (Fsp3) is 0.650. The summed E-state index contributed by atoms with van der Waals surface area (Å²) in [5.41, 5.74) is 3.28. The molecule has 25 heavy (non-hydrogen) atoms. The highest BCUT2D eigenvalue weighted by Crippen LogP contribution is 2.29. The summed E-state index contributed by atoms with van der Waals surface area (Å²) in [7, 11) is 0. The molecule has 1 fully saturated rings. The molecule has 2 unspecified atom stereocenters. The van der Waals surface area contributed by atoms with Crippen molar-refractivity contribution < 1.29 is 14.3 Å². The molecule has 1 aliphatic rings. The Labute approximate surface area is 156 Å². The van der Waals surface area contributed by atoms with Crippen LogP contribution < -0.4 is 4.90 Å². The van der Waals surface area contributed by atoms with Crippen LogP contribution in [0.15, 0.2) is 18.2 Å². The van der Waals surface area contributed by atoms with Crippen molar-refractivity contribution in [3.8, 4) is 0 Å². The van der Waals surface area contributed by atoms with Gasteiger partial charge in [0.25, 0.3) is 0 Å². The van der Waals surface area contributed by atoms with Gasteiger partial charge in [-0.25, -0.2) is 0 Å². The number of alkyl halides is 1. The molecule has 2 atom stereocenters. The highest BCUT2D eigenvalue weighted by Gasteiger charge is 2.27. The summed E-state index contributed by atoms with van der Waals surface area (Å²) >= 11 is 5.92. The van der Waals surface area contributed by atoms with Crippen molar-refractivity contribution in [2.45, 2.75) is 65.3 Å². The zero-order chi connectivity index (χ0) is 18.2. The molecule has 1 aromatic rings. The fourth-order valence-corrected chi connectivity index (χ4v) is 3.49. The van der Waals surface area contributed by atoms with Gasteiger partial charge in [-0.05, 0) is 43.2 Å². The smallest absolute Gasteiger partial charge is 0.242 e. The molecule has 1 aliphatic heterocycles. The van der Waals surface area contributed by atoms with Crippen molar-refractivity contribution in [3.05, 3.63) is 29.3 Å². The van der Waals surface area contributed by atoms with E-state index in [1.807, 2.05) is 0 Å². The molecular weight excluding hydrogens is 338 g/mol. The number of hydrogen-bond acceptors (Lipinski definition) is 3. The number of amides is 1. The molecule has 0 aliphatic carbocycles. The first-order valence-corrected chi connectivity index (χ1v) is 9.92. The van der Waals surface area contributed by atoms with Crippen molar-refractivity contribution in [2.75, 3.05) is 23.9 Å². The molecule has 0 spiro atoms. The molecule has 1 heterocycles. The molecule has 5 heteroatoms. The molecule has 0 N–H and O–H groups in total. The Hall–Kier alpha value is -1.10. The molecule has 140 valence electrons. The third-order valence-electron chi connectivity index (χ3n) is 4.76. The monoisotopic (exact) mass is 367 g/mol. The molecular formula is C20H30ClNO3. The van der Waals surface area contributed by atoms with E-state index in [4.69, 9.17) is 21.1 Å². The number of halogens is 1. The van der Waals surface area contributed by atoms with E-state index in [-0.39, 0.29) is 17.9 Å². The first kappa shape index (κ1) is 20.2. The van der Waals surface area contributed by atoms with Gasteiger partial charge in [0.1, 0.15) is 5.88 Å². The van der Waals surface area contributed by atoms with Crippen LogP contribution in [0.1, 0.15) is 51.2 Å². The lowest BCUT2D eigenvalue weighted by molar-refractivity contribution is -0.150. The molecule has 1 amide bonds. The van der Waals surface area contributed by atoms with Crippen LogP contribution in [0, 0.1) is 0 Å². The van der Waals surface area contributed by atoms with Crippen LogP contribution >= 0.6 is 11.6 Å². The number of para-hydroxylation sites is 1. The van der Waals surface area contributed by atoms with Crippen LogP contribution in [0.4, 0.5) is 5.69 Å². The number of carbonyl (C=O) groups is 1. The lowest BCUT2D eigenvalue weighted by Crippen LogP contribution is -2.42. The number of rotatable bonds is 7. The largest absolute Gasteiger partial charge is 0.351 e. The van der Waals surface area contributed by atoms with E-state index in [1.54, 1.807) is 4.90 Å². The lowest BCUT2D eigenvalue weighted by Gasteiger charge is -2.31. The van der Waals surface area contributed by atoms with E-state index < -0.39 is 6.29 Å².